The molecule has 0 aliphatic carbocycles. The molecule has 3 rings (SSSR count). The molecule has 1 N–H and O–H groups in total. The van der Waals surface area contributed by atoms with Crippen LogP contribution >= 0.6 is 0 Å². The first-order chi connectivity index (χ1) is 12.8. The molecule has 0 atom stereocenters. The molecule has 8 heteroatoms. The van der Waals surface area contributed by atoms with Crippen molar-refractivity contribution in [1.29, 1.82) is 0 Å². The molecule has 27 heavy (non-hydrogen) atoms. The number of para-hydroxylation sites is 2. The molecule has 2 aromatic carbocycles. The number of nitrogens with zero attached hydrogens (tertiary/aromatic N) is 3. The normalized spacial score (nSPS) is 11.6. The quantitative estimate of drug-likeness (QED) is 0.521. The number of fused-ring (bicyclic) bond motifs is 1. The van der Waals surface area contributed by atoms with Gasteiger partial charge < -0.3 is 14.4 Å². The Labute approximate surface area is 154 Å². The van der Waals surface area contributed by atoms with Crippen molar-refractivity contribution in [3.05, 3.63) is 64.0 Å². The van der Waals surface area contributed by atoms with Gasteiger partial charge in [0.05, 0.1) is 11.3 Å². The van der Waals surface area contributed by atoms with Gasteiger partial charge in [-0.15, -0.1) is 0 Å². The monoisotopic (exact) mass is 367 g/mol. The minimum absolute atomic E-state index is 0.0685. The Morgan fingerprint density at radius 2 is 2.04 bits per heavy atom. The first-order valence-electron chi connectivity index (χ1n) is 8.09. The number of oxazole rings is 1. The van der Waals surface area contributed by atoms with Crippen LogP contribution in [0.1, 0.15) is 17.9 Å². The highest BCUT2D eigenvalue weighted by molar-refractivity contribution is 5.91. The summed E-state index contributed by atoms with van der Waals surface area (Å²) >= 11 is 0. The van der Waals surface area contributed by atoms with Gasteiger partial charge in [-0.05, 0) is 29.8 Å². The smallest absolute Gasteiger partial charge is 0.308 e. The lowest BCUT2D eigenvalue weighted by Crippen LogP contribution is -2.11. The zero-order valence-electron chi connectivity index (χ0n) is 14.7. The average Bonchev–Trinajstić information content (AvgIpc) is 3.04. The number of nitro benzene ring substituents is 1. The zero-order valence-corrected chi connectivity index (χ0v) is 14.7. The molecule has 138 valence electrons. The summed E-state index contributed by atoms with van der Waals surface area (Å²) in [6.07, 6.45) is 1.22. The number of hydrogen-bond acceptors (Lipinski definition) is 6. The van der Waals surface area contributed by atoms with E-state index in [4.69, 9.17) is 4.42 Å². The number of benzene rings is 2. The first kappa shape index (κ1) is 18.1. The van der Waals surface area contributed by atoms with E-state index in [1.165, 1.54) is 6.07 Å². The molecule has 0 radical (unpaired) electrons. The van der Waals surface area contributed by atoms with Crippen LogP contribution in [0.15, 0.2) is 46.9 Å². The maximum Gasteiger partial charge on any atom is 0.308 e. The Kier molecular flexibility index (Phi) is 4.89. The molecule has 3 aromatic rings. The molecule has 1 aromatic heterocycles. The summed E-state index contributed by atoms with van der Waals surface area (Å²) in [5.74, 6) is -0.874. The molecule has 0 saturated carbocycles. The molecular weight excluding hydrogens is 350 g/mol. The van der Waals surface area contributed by atoms with Crippen molar-refractivity contribution in [3.8, 4) is 0 Å². The third kappa shape index (κ3) is 3.95. The van der Waals surface area contributed by atoms with Crippen molar-refractivity contribution in [2.75, 3.05) is 19.0 Å². The van der Waals surface area contributed by atoms with E-state index in [0.717, 1.165) is 0 Å². The minimum Gasteiger partial charge on any atom is -0.481 e. The standard InChI is InChI=1S/C19H17N3O5/c1-21(2)15-8-7-12(10-16(15)22(25)26)9-13(11-18(23)24)19-20-14-5-3-4-6-17(14)27-19/h3-10H,11H2,1-2H3,(H,23,24)/b13-9+. The topological polar surface area (TPSA) is 110 Å². The predicted octanol–water partition coefficient (Wildman–Crippen LogP) is 3.82. The van der Waals surface area contributed by atoms with Crippen molar-refractivity contribution < 1.29 is 19.2 Å². The SMILES string of the molecule is CN(C)c1ccc(/C=C(\CC(=O)O)c2nc3ccccc3o2)cc1[N+](=O)[O-]. The van der Waals surface area contributed by atoms with Crippen molar-refractivity contribution in [2.24, 2.45) is 0 Å². The van der Waals surface area contributed by atoms with Crippen LogP contribution < -0.4 is 4.90 Å². The number of aromatic nitrogens is 1. The number of hydrogen-bond donors (Lipinski definition) is 1. The summed E-state index contributed by atoms with van der Waals surface area (Å²) in [6, 6.07) is 11.8. The molecule has 0 aliphatic heterocycles. The molecule has 0 bridgehead atoms. The number of anilines is 1. The minimum atomic E-state index is -1.05. The molecule has 0 aliphatic rings. The molecule has 1 heterocycles. The number of carboxylic acids is 1. The van der Waals surface area contributed by atoms with E-state index < -0.39 is 10.9 Å². The van der Waals surface area contributed by atoms with Crippen LogP contribution in [-0.4, -0.2) is 35.1 Å². The molecule has 0 unspecified atom stereocenters. The van der Waals surface area contributed by atoms with E-state index >= 15 is 0 Å². The Bertz CT molecular complexity index is 1020. The van der Waals surface area contributed by atoms with E-state index in [9.17, 15) is 20.0 Å². The maximum atomic E-state index is 11.4. The molecule has 0 fully saturated rings. The van der Waals surface area contributed by atoms with Crippen LogP contribution in [0, 0.1) is 10.1 Å². The number of rotatable bonds is 6. The third-order valence-corrected chi connectivity index (χ3v) is 3.93. The van der Waals surface area contributed by atoms with Gasteiger partial charge in [0.2, 0.25) is 5.89 Å². The summed E-state index contributed by atoms with van der Waals surface area (Å²) in [7, 11) is 3.43. The highest BCUT2D eigenvalue weighted by Crippen LogP contribution is 2.31. The Hall–Kier alpha value is -3.68. The van der Waals surface area contributed by atoms with Crippen LogP contribution in [0.25, 0.3) is 22.7 Å². The molecule has 0 amide bonds. The number of carbonyl (C=O) groups is 1. The zero-order chi connectivity index (χ0) is 19.6. The molecule has 8 nitrogen and oxygen atoms in total. The lowest BCUT2D eigenvalue weighted by atomic mass is 10.1. The van der Waals surface area contributed by atoms with Crippen LogP contribution in [0.2, 0.25) is 0 Å². The van der Waals surface area contributed by atoms with E-state index in [1.807, 2.05) is 0 Å². The lowest BCUT2D eigenvalue weighted by Gasteiger charge is -2.13. The number of nitro groups is 1. The summed E-state index contributed by atoms with van der Waals surface area (Å²) < 4.78 is 5.66. The second-order valence-corrected chi connectivity index (χ2v) is 6.13. The van der Waals surface area contributed by atoms with Gasteiger partial charge in [0.1, 0.15) is 11.2 Å². The maximum absolute atomic E-state index is 11.4. The van der Waals surface area contributed by atoms with Crippen molar-refractivity contribution in [3.63, 3.8) is 0 Å². The van der Waals surface area contributed by atoms with Gasteiger partial charge >= 0.3 is 5.97 Å². The summed E-state index contributed by atoms with van der Waals surface area (Å²) in [6.45, 7) is 0. The van der Waals surface area contributed by atoms with Crippen molar-refractivity contribution >= 4 is 40.1 Å². The summed E-state index contributed by atoms with van der Waals surface area (Å²) in [4.78, 5) is 28.1. The summed E-state index contributed by atoms with van der Waals surface area (Å²) in [5.41, 5.74) is 2.35. The van der Waals surface area contributed by atoms with Crippen LogP contribution in [0.5, 0.6) is 0 Å². The average molecular weight is 367 g/mol. The Balaban J connectivity index is 2.09. The van der Waals surface area contributed by atoms with Gasteiger partial charge in [0.25, 0.3) is 5.69 Å². The van der Waals surface area contributed by atoms with Crippen LogP contribution in [0.4, 0.5) is 11.4 Å². The second kappa shape index (κ2) is 7.28. The van der Waals surface area contributed by atoms with Gasteiger partial charge in [0, 0.05) is 25.7 Å². The molecular formula is C19H17N3O5. The van der Waals surface area contributed by atoms with E-state index in [-0.39, 0.29) is 18.0 Å². The number of carboxylic acid groups (broad SMARTS) is 1. The van der Waals surface area contributed by atoms with Gasteiger partial charge in [-0.2, -0.15) is 0 Å². The van der Waals surface area contributed by atoms with Gasteiger partial charge in [-0.25, -0.2) is 4.98 Å². The van der Waals surface area contributed by atoms with Crippen molar-refractivity contribution in [1.82, 2.24) is 4.98 Å². The third-order valence-electron chi connectivity index (χ3n) is 3.93. The van der Waals surface area contributed by atoms with Gasteiger partial charge in [0.15, 0.2) is 5.58 Å². The molecule has 0 spiro atoms. The summed E-state index contributed by atoms with van der Waals surface area (Å²) in [5, 5.41) is 20.6. The highest BCUT2D eigenvalue weighted by Gasteiger charge is 2.18. The Morgan fingerprint density at radius 1 is 1.30 bits per heavy atom. The van der Waals surface area contributed by atoms with E-state index in [0.29, 0.717) is 27.9 Å². The van der Waals surface area contributed by atoms with Crippen LogP contribution in [0.3, 0.4) is 0 Å². The largest absolute Gasteiger partial charge is 0.481 e. The Morgan fingerprint density at radius 3 is 2.67 bits per heavy atom. The highest BCUT2D eigenvalue weighted by atomic mass is 16.6. The fourth-order valence-corrected chi connectivity index (χ4v) is 2.72. The van der Waals surface area contributed by atoms with Crippen LogP contribution in [-0.2, 0) is 4.79 Å². The fraction of sp³-hybridized carbons (Fsp3) is 0.158. The van der Waals surface area contributed by atoms with E-state index in [2.05, 4.69) is 4.98 Å². The van der Waals surface area contributed by atoms with Crippen molar-refractivity contribution in [2.45, 2.75) is 6.42 Å². The lowest BCUT2D eigenvalue weighted by molar-refractivity contribution is -0.384. The predicted molar refractivity (Wildman–Crippen MR) is 102 cm³/mol. The first-order valence-corrected chi connectivity index (χ1v) is 8.09. The molecule has 0 saturated heterocycles. The van der Waals surface area contributed by atoms with Gasteiger partial charge in [-0.3, -0.25) is 14.9 Å². The number of aliphatic carboxylic acids is 1. The fourth-order valence-electron chi connectivity index (χ4n) is 2.72. The van der Waals surface area contributed by atoms with E-state index in [1.54, 1.807) is 61.5 Å². The van der Waals surface area contributed by atoms with Gasteiger partial charge in [-0.1, -0.05) is 18.2 Å². The second-order valence-electron chi connectivity index (χ2n) is 6.13.